The van der Waals surface area contributed by atoms with E-state index in [9.17, 15) is 9.90 Å². The van der Waals surface area contributed by atoms with E-state index in [4.69, 9.17) is 0 Å². The smallest absolute Gasteiger partial charge is 0.193 e. The third-order valence-corrected chi connectivity index (χ3v) is 4.71. The summed E-state index contributed by atoms with van der Waals surface area (Å²) in [5.74, 6) is -0.0693. The van der Waals surface area contributed by atoms with Crippen LogP contribution in [0.2, 0.25) is 0 Å². The van der Waals surface area contributed by atoms with Gasteiger partial charge in [-0.3, -0.25) is 9.20 Å². The van der Waals surface area contributed by atoms with Crippen LogP contribution in [0.15, 0.2) is 17.8 Å². The Hall–Kier alpha value is -1.20. The molecule has 0 amide bonds. The molecule has 0 unspecified atom stereocenters. The Balaban J connectivity index is 1.74. The topological polar surface area (TPSA) is 54.6 Å². The predicted octanol–water partition coefficient (Wildman–Crippen LogP) is 2.59. The van der Waals surface area contributed by atoms with Crippen molar-refractivity contribution in [1.82, 2.24) is 9.38 Å². The molecule has 0 aromatic carbocycles. The lowest BCUT2D eigenvalue weighted by Crippen LogP contribution is -2.39. The molecule has 3 rings (SSSR count). The summed E-state index contributed by atoms with van der Waals surface area (Å²) in [6.45, 7) is 0. The van der Waals surface area contributed by atoms with Gasteiger partial charge in [0.1, 0.15) is 5.60 Å². The number of imidazole rings is 1. The van der Waals surface area contributed by atoms with Crippen LogP contribution in [0.5, 0.6) is 0 Å². The summed E-state index contributed by atoms with van der Waals surface area (Å²) in [6.07, 6.45) is 9.39. The number of Topliss-reactive ketones (excluding diaryl/α,β-unsaturated/α-hetero) is 1. The van der Waals surface area contributed by atoms with Crippen molar-refractivity contribution in [2.24, 2.45) is 0 Å². The summed E-state index contributed by atoms with van der Waals surface area (Å²) in [6, 6.07) is 0. The van der Waals surface area contributed by atoms with E-state index < -0.39 is 5.60 Å². The average Bonchev–Trinajstić information content (AvgIpc) is 2.86. The molecule has 1 aliphatic carbocycles. The highest BCUT2D eigenvalue weighted by molar-refractivity contribution is 7.15. The van der Waals surface area contributed by atoms with E-state index in [1.807, 2.05) is 22.2 Å². The van der Waals surface area contributed by atoms with E-state index in [2.05, 4.69) is 4.98 Å². The van der Waals surface area contributed by atoms with E-state index in [0.29, 0.717) is 12.8 Å². The molecule has 0 radical (unpaired) electrons. The van der Waals surface area contributed by atoms with Crippen molar-refractivity contribution in [2.75, 3.05) is 0 Å². The molecule has 0 bridgehead atoms. The summed E-state index contributed by atoms with van der Waals surface area (Å²) in [5, 5.41) is 12.5. The minimum absolute atomic E-state index is 0.0693. The highest BCUT2D eigenvalue weighted by Gasteiger charge is 2.35. The minimum Gasteiger partial charge on any atom is -0.382 e. The first-order valence-electron chi connectivity index (χ1n) is 6.84. The van der Waals surface area contributed by atoms with E-state index in [-0.39, 0.29) is 12.2 Å². The largest absolute Gasteiger partial charge is 0.382 e. The Kier molecular flexibility index (Phi) is 3.41. The average molecular weight is 278 g/mol. The number of carbonyl (C=O) groups excluding carboxylic acids is 1. The van der Waals surface area contributed by atoms with Crippen LogP contribution in [0, 0.1) is 0 Å². The molecule has 102 valence electrons. The van der Waals surface area contributed by atoms with Gasteiger partial charge in [-0.05, 0) is 12.8 Å². The molecule has 2 aromatic heterocycles. The predicted molar refractivity (Wildman–Crippen MR) is 74.4 cm³/mol. The monoisotopic (exact) mass is 278 g/mol. The highest BCUT2D eigenvalue weighted by Crippen LogP contribution is 2.29. The lowest BCUT2D eigenvalue weighted by Gasteiger charge is -2.24. The van der Waals surface area contributed by atoms with Gasteiger partial charge in [0.05, 0.1) is 12.1 Å². The van der Waals surface area contributed by atoms with Crippen molar-refractivity contribution in [3.63, 3.8) is 0 Å². The summed E-state index contributed by atoms with van der Waals surface area (Å²) in [5.41, 5.74) is -0.359. The van der Waals surface area contributed by atoms with Crippen molar-refractivity contribution in [1.29, 1.82) is 0 Å². The molecule has 1 saturated carbocycles. The number of nitrogens with zero attached hydrogens (tertiary/aromatic N) is 2. The van der Waals surface area contributed by atoms with Crippen molar-refractivity contribution in [3.8, 4) is 0 Å². The molecule has 0 atom stereocenters. The minimum atomic E-state index is -1.12. The number of aliphatic hydroxyl groups is 1. The van der Waals surface area contributed by atoms with E-state index in [1.165, 1.54) is 0 Å². The van der Waals surface area contributed by atoms with Gasteiger partial charge in [0.25, 0.3) is 0 Å². The molecule has 1 fully saturated rings. The molecule has 19 heavy (non-hydrogen) atoms. The van der Waals surface area contributed by atoms with E-state index in [1.54, 1.807) is 11.3 Å². The zero-order valence-corrected chi connectivity index (χ0v) is 11.7. The second-order valence-corrected chi connectivity index (χ2v) is 6.24. The molecule has 2 heterocycles. The van der Waals surface area contributed by atoms with Crippen LogP contribution in [0.3, 0.4) is 0 Å². The standard InChI is InChI=1S/C14H18N2O2S/c17-12(14(18)5-3-1-2-4-6-14)9-11-10-16-7-8-19-13(16)15-11/h7-8,10,18H,1-6,9H2. The van der Waals surface area contributed by atoms with Crippen LogP contribution >= 0.6 is 11.3 Å². The molecule has 5 heteroatoms. The fourth-order valence-corrected chi connectivity index (χ4v) is 3.50. The van der Waals surface area contributed by atoms with E-state index >= 15 is 0 Å². The molecule has 0 saturated heterocycles. The normalized spacial score (nSPS) is 19.4. The van der Waals surface area contributed by atoms with Crippen molar-refractivity contribution >= 4 is 22.1 Å². The van der Waals surface area contributed by atoms with Crippen molar-refractivity contribution < 1.29 is 9.90 Å². The Labute approximate surface area is 116 Å². The SMILES string of the molecule is O=C(Cc1cn2ccsc2n1)C1(O)CCCCCC1. The Morgan fingerprint density at radius 2 is 2.11 bits per heavy atom. The van der Waals surface area contributed by atoms with Crippen LogP contribution in [0.25, 0.3) is 4.96 Å². The van der Waals surface area contributed by atoms with E-state index in [0.717, 1.165) is 36.3 Å². The molecular weight excluding hydrogens is 260 g/mol. The first-order chi connectivity index (χ1) is 9.17. The third-order valence-electron chi connectivity index (χ3n) is 3.93. The molecule has 4 nitrogen and oxygen atoms in total. The summed E-state index contributed by atoms with van der Waals surface area (Å²) in [4.78, 5) is 17.7. The number of carbonyl (C=O) groups is 1. The number of fused-ring (bicyclic) bond motifs is 1. The summed E-state index contributed by atoms with van der Waals surface area (Å²) >= 11 is 1.55. The van der Waals surface area contributed by atoms with Crippen LogP contribution in [-0.4, -0.2) is 25.9 Å². The summed E-state index contributed by atoms with van der Waals surface area (Å²) in [7, 11) is 0. The Morgan fingerprint density at radius 1 is 1.37 bits per heavy atom. The number of thiazole rings is 1. The van der Waals surface area contributed by atoms with Crippen LogP contribution in [-0.2, 0) is 11.2 Å². The number of aromatic nitrogens is 2. The van der Waals surface area contributed by atoms with Crippen LogP contribution in [0.4, 0.5) is 0 Å². The van der Waals surface area contributed by atoms with Gasteiger partial charge in [-0.1, -0.05) is 25.7 Å². The van der Waals surface area contributed by atoms with Gasteiger partial charge in [-0.25, -0.2) is 4.98 Å². The number of rotatable bonds is 3. The lowest BCUT2D eigenvalue weighted by molar-refractivity contribution is -0.138. The quantitative estimate of drug-likeness (QED) is 0.878. The summed E-state index contributed by atoms with van der Waals surface area (Å²) < 4.78 is 1.92. The van der Waals surface area contributed by atoms with Gasteiger partial charge in [-0.2, -0.15) is 0 Å². The number of hydrogen-bond donors (Lipinski definition) is 1. The molecular formula is C14H18N2O2S. The molecule has 2 aromatic rings. The molecule has 0 spiro atoms. The van der Waals surface area contributed by atoms with Crippen LogP contribution < -0.4 is 0 Å². The fraction of sp³-hybridized carbons (Fsp3) is 0.571. The second kappa shape index (κ2) is 5.06. The zero-order chi connectivity index (χ0) is 13.3. The van der Waals surface area contributed by atoms with Crippen molar-refractivity contribution in [3.05, 3.63) is 23.5 Å². The Morgan fingerprint density at radius 3 is 2.79 bits per heavy atom. The van der Waals surface area contributed by atoms with Crippen molar-refractivity contribution in [2.45, 2.75) is 50.5 Å². The second-order valence-electron chi connectivity index (χ2n) is 5.37. The molecule has 1 aliphatic rings. The van der Waals surface area contributed by atoms with Gasteiger partial charge in [0.15, 0.2) is 10.7 Å². The van der Waals surface area contributed by atoms with Gasteiger partial charge in [-0.15, -0.1) is 11.3 Å². The first-order valence-corrected chi connectivity index (χ1v) is 7.72. The van der Waals surface area contributed by atoms with Crippen LogP contribution in [0.1, 0.15) is 44.2 Å². The zero-order valence-electron chi connectivity index (χ0n) is 10.8. The molecule has 1 N–H and O–H groups in total. The fourth-order valence-electron chi connectivity index (χ4n) is 2.78. The third kappa shape index (κ3) is 2.58. The maximum Gasteiger partial charge on any atom is 0.193 e. The number of hydrogen-bond acceptors (Lipinski definition) is 4. The first kappa shape index (κ1) is 12.8. The highest BCUT2D eigenvalue weighted by atomic mass is 32.1. The maximum absolute atomic E-state index is 12.3. The Bertz CT molecular complexity index is 551. The van der Waals surface area contributed by atoms with Gasteiger partial charge >= 0.3 is 0 Å². The number of ketones is 1. The van der Waals surface area contributed by atoms with Gasteiger partial charge < -0.3 is 5.11 Å². The van der Waals surface area contributed by atoms with Gasteiger partial charge in [0.2, 0.25) is 0 Å². The lowest BCUT2D eigenvalue weighted by atomic mass is 9.87. The van der Waals surface area contributed by atoms with Gasteiger partial charge in [0, 0.05) is 17.8 Å². The maximum atomic E-state index is 12.3. The molecule has 0 aliphatic heterocycles.